The normalized spacial score (nSPS) is 10.8. The van der Waals surface area contributed by atoms with Crippen molar-refractivity contribution in [3.63, 3.8) is 0 Å². The quantitative estimate of drug-likeness (QED) is 0.947. The highest BCUT2D eigenvalue weighted by molar-refractivity contribution is 9.10. The first-order chi connectivity index (χ1) is 8.19. The van der Waals surface area contributed by atoms with Crippen LogP contribution in [-0.2, 0) is 13.2 Å². The Bertz CT molecular complexity index is 537. The Morgan fingerprint density at radius 3 is 2.76 bits per heavy atom. The monoisotopic (exact) mass is 295 g/mol. The van der Waals surface area contributed by atoms with E-state index in [-0.39, 0.29) is 6.61 Å². The standard InChI is InChI=1S/C12H14BrN3O/c1-3-16-11(7-17)14-15-12(16)9-5-4-6-10(13)8(9)2/h4-6,17H,3,7H2,1-2H3. The summed E-state index contributed by atoms with van der Waals surface area (Å²) in [6.45, 7) is 4.70. The molecule has 1 aromatic carbocycles. The van der Waals surface area contributed by atoms with Gasteiger partial charge in [0.1, 0.15) is 6.61 Å². The van der Waals surface area contributed by atoms with Crippen molar-refractivity contribution >= 4 is 15.9 Å². The van der Waals surface area contributed by atoms with Gasteiger partial charge in [0.2, 0.25) is 0 Å². The fraction of sp³-hybridized carbons (Fsp3) is 0.333. The molecule has 0 unspecified atom stereocenters. The Labute approximate surface area is 108 Å². The summed E-state index contributed by atoms with van der Waals surface area (Å²) in [6, 6.07) is 5.98. The molecule has 1 aromatic heterocycles. The molecular weight excluding hydrogens is 282 g/mol. The Balaban J connectivity index is 2.60. The smallest absolute Gasteiger partial charge is 0.164 e. The molecule has 1 heterocycles. The molecule has 0 aliphatic rings. The van der Waals surface area contributed by atoms with Gasteiger partial charge in [0.05, 0.1) is 0 Å². The third kappa shape index (κ3) is 2.12. The number of halogens is 1. The average molecular weight is 296 g/mol. The Morgan fingerprint density at radius 1 is 1.35 bits per heavy atom. The number of hydrogen-bond donors (Lipinski definition) is 1. The molecular formula is C12H14BrN3O. The molecule has 2 aromatic rings. The molecule has 1 N–H and O–H groups in total. The van der Waals surface area contributed by atoms with Gasteiger partial charge in [-0.2, -0.15) is 0 Å². The summed E-state index contributed by atoms with van der Waals surface area (Å²) in [7, 11) is 0. The van der Waals surface area contributed by atoms with Gasteiger partial charge in [-0.25, -0.2) is 0 Å². The highest BCUT2D eigenvalue weighted by Gasteiger charge is 2.14. The summed E-state index contributed by atoms with van der Waals surface area (Å²) in [5.41, 5.74) is 2.16. The van der Waals surface area contributed by atoms with Gasteiger partial charge in [-0.1, -0.05) is 28.1 Å². The third-order valence-corrected chi connectivity index (χ3v) is 3.65. The first kappa shape index (κ1) is 12.3. The van der Waals surface area contributed by atoms with E-state index in [0.29, 0.717) is 5.82 Å². The molecule has 0 fully saturated rings. The SMILES string of the molecule is CCn1c(CO)nnc1-c1cccc(Br)c1C. The number of aliphatic hydroxyl groups excluding tert-OH is 1. The molecule has 0 saturated heterocycles. The number of rotatable bonds is 3. The Kier molecular flexibility index (Phi) is 3.59. The van der Waals surface area contributed by atoms with Crippen LogP contribution >= 0.6 is 15.9 Å². The second-order valence-corrected chi connectivity index (χ2v) is 4.61. The lowest BCUT2D eigenvalue weighted by Crippen LogP contribution is -2.04. The molecule has 0 aliphatic carbocycles. The third-order valence-electron chi connectivity index (χ3n) is 2.79. The lowest BCUT2D eigenvalue weighted by Gasteiger charge is -2.09. The zero-order valence-electron chi connectivity index (χ0n) is 9.81. The molecule has 4 nitrogen and oxygen atoms in total. The molecule has 2 rings (SSSR count). The van der Waals surface area contributed by atoms with Gasteiger partial charge in [0.25, 0.3) is 0 Å². The summed E-state index contributed by atoms with van der Waals surface area (Å²) < 4.78 is 2.97. The average Bonchev–Trinajstić information content (AvgIpc) is 2.75. The second-order valence-electron chi connectivity index (χ2n) is 3.75. The van der Waals surface area contributed by atoms with Crippen molar-refractivity contribution in [3.05, 3.63) is 34.1 Å². The van der Waals surface area contributed by atoms with Crippen LogP contribution in [0.1, 0.15) is 18.3 Å². The van der Waals surface area contributed by atoms with E-state index in [1.807, 2.05) is 36.6 Å². The van der Waals surface area contributed by atoms with Crippen molar-refractivity contribution in [2.24, 2.45) is 0 Å². The molecule has 0 amide bonds. The van der Waals surface area contributed by atoms with Gasteiger partial charge >= 0.3 is 0 Å². The molecule has 0 spiro atoms. The van der Waals surface area contributed by atoms with Crippen molar-refractivity contribution in [1.29, 1.82) is 0 Å². The highest BCUT2D eigenvalue weighted by atomic mass is 79.9. The van der Waals surface area contributed by atoms with Crippen LogP contribution in [0.15, 0.2) is 22.7 Å². The fourth-order valence-electron chi connectivity index (χ4n) is 1.83. The lowest BCUT2D eigenvalue weighted by molar-refractivity contribution is 0.265. The number of aromatic nitrogens is 3. The summed E-state index contributed by atoms with van der Waals surface area (Å²) in [4.78, 5) is 0. The van der Waals surface area contributed by atoms with E-state index in [9.17, 15) is 5.11 Å². The van der Waals surface area contributed by atoms with Gasteiger partial charge in [-0.3, -0.25) is 0 Å². The van der Waals surface area contributed by atoms with Gasteiger partial charge in [-0.05, 0) is 25.5 Å². The highest BCUT2D eigenvalue weighted by Crippen LogP contribution is 2.27. The van der Waals surface area contributed by atoms with E-state index in [0.717, 1.165) is 28.0 Å². The van der Waals surface area contributed by atoms with Gasteiger partial charge in [-0.15, -0.1) is 10.2 Å². The van der Waals surface area contributed by atoms with Crippen LogP contribution in [0.3, 0.4) is 0 Å². The van der Waals surface area contributed by atoms with Gasteiger partial charge in [0.15, 0.2) is 11.6 Å². The Morgan fingerprint density at radius 2 is 2.12 bits per heavy atom. The maximum atomic E-state index is 9.20. The second kappa shape index (κ2) is 4.98. The van der Waals surface area contributed by atoms with E-state index < -0.39 is 0 Å². The number of hydrogen-bond acceptors (Lipinski definition) is 3. The summed E-state index contributed by atoms with van der Waals surface area (Å²) in [6.07, 6.45) is 0. The van der Waals surface area contributed by atoms with E-state index in [1.54, 1.807) is 0 Å². The number of aliphatic hydroxyl groups is 1. The van der Waals surface area contributed by atoms with Gasteiger partial charge in [0, 0.05) is 16.6 Å². The molecule has 0 radical (unpaired) electrons. The largest absolute Gasteiger partial charge is 0.388 e. The van der Waals surface area contributed by atoms with Crippen LogP contribution in [0.4, 0.5) is 0 Å². The molecule has 0 saturated carbocycles. The van der Waals surface area contributed by atoms with Crippen molar-refractivity contribution < 1.29 is 5.11 Å². The van der Waals surface area contributed by atoms with E-state index in [1.165, 1.54) is 0 Å². The molecule has 0 bridgehead atoms. The lowest BCUT2D eigenvalue weighted by atomic mass is 10.1. The summed E-state index contributed by atoms with van der Waals surface area (Å²) >= 11 is 3.51. The van der Waals surface area contributed by atoms with Crippen LogP contribution in [-0.4, -0.2) is 19.9 Å². The predicted octanol–water partition coefficient (Wildman–Crippen LogP) is 2.53. The van der Waals surface area contributed by atoms with E-state index >= 15 is 0 Å². The van der Waals surface area contributed by atoms with Crippen molar-refractivity contribution in [1.82, 2.24) is 14.8 Å². The molecule has 5 heteroatoms. The minimum absolute atomic E-state index is 0.0894. The maximum Gasteiger partial charge on any atom is 0.164 e. The maximum absolute atomic E-state index is 9.20. The topological polar surface area (TPSA) is 50.9 Å². The summed E-state index contributed by atoms with van der Waals surface area (Å²) in [5.74, 6) is 1.40. The molecule has 17 heavy (non-hydrogen) atoms. The van der Waals surface area contributed by atoms with Crippen LogP contribution in [0, 0.1) is 6.92 Å². The van der Waals surface area contributed by atoms with Crippen LogP contribution in [0.2, 0.25) is 0 Å². The van der Waals surface area contributed by atoms with Crippen LogP contribution in [0.25, 0.3) is 11.4 Å². The van der Waals surface area contributed by atoms with E-state index in [4.69, 9.17) is 0 Å². The first-order valence-electron chi connectivity index (χ1n) is 5.47. The molecule has 0 atom stereocenters. The predicted molar refractivity (Wildman–Crippen MR) is 69.5 cm³/mol. The van der Waals surface area contributed by atoms with E-state index in [2.05, 4.69) is 26.1 Å². The zero-order valence-corrected chi connectivity index (χ0v) is 11.4. The molecule has 90 valence electrons. The summed E-state index contributed by atoms with van der Waals surface area (Å²) in [5, 5.41) is 17.4. The minimum atomic E-state index is -0.0894. The van der Waals surface area contributed by atoms with Crippen molar-refractivity contribution in [2.75, 3.05) is 0 Å². The van der Waals surface area contributed by atoms with Crippen LogP contribution < -0.4 is 0 Å². The first-order valence-corrected chi connectivity index (χ1v) is 6.26. The number of nitrogens with zero attached hydrogens (tertiary/aromatic N) is 3. The van der Waals surface area contributed by atoms with Crippen molar-refractivity contribution in [3.8, 4) is 11.4 Å². The van der Waals surface area contributed by atoms with Gasteiger partial charge < -0.3 is 9.67 Å². The van der Waals surface area contributed by atoms with Crippen molar-refractivity contribution in [2.45, 2.75) is 27.0 Å². The zero-order chi connectivity index (χ0) is 12.4. The Hall–Kier alpha value is -1.20. The minimum Gasteiger partial charge on any atom is -0.388 e. The molecule has 0 aliphatic heterocycles. The van der Waals surface area contributed by atoms with Crippen LogP contribution in [0.5, 0.6) is 0 Å². The number of benzene rings is 1. The fourth-order valence-corrected chi connectivity index (χ4v) is 2.20.